The molecule has 1 atom stereocenters. The van der Waals surface area contributed by atoms with Gasteiger partial charge in [0.2, 0.25) is 0 Å². The monoisotopic (exact) mass is 389 g/mol. The second kappa shape index (κ2) is 7.07. The van der Waals surface area contributed by atoms with E-state index in [4.69, 9.17) is 0 Å². The Bertz CT molecular complexity index is 995. The Hall–Kier alpha value is -2.64. The van der Waals surface area contributed by atoms with Crippen molar-refractivity contribution in [1.29, 1.82) is 0 Å². The molecule has 1 aromatic carbocycles. The van der Waals surface area contributed by atoms with Crippen LogP contribution >= 0.6 is 0 Å². The fourth-order valence-electron chi connectivity index (χ4n) is 4.00. The Morgan fingerprint density at radius 2 is 2.00 bits per heavy atom. The number of piperidine rings is 1. The highest BCUT2D eigenvalue weighted by Crippen LogP contribution is 2.34. The van der Waals surface area contributed by atoms with Gasteiger partial charge in [-0.05, 0) is 50.8 Å². The largest absolute Gasteiger partial charge is 0.416 e. The molecule has 3 heterocycles. The van der Waals surface area contributed by atoms with E-state index in [9.17, 15) is 13.2 Å². The number of aromatic nitrogens is 4. The summed E-state index contributed by atoms with van der Waals surface area (Å²) in [5, 5.41) is 5.21. The lowest BCUT2D eigenvalue weighted by Crippen LogP contribution is -2.37. The van der Waals surface area contributed by atoms with Gasteiger partial charge in [-0.15, -0.1) is 0 Å². The molecule has 0 saturated carbocycles. The standard InChI is InChI=1S/C20H22F3N5/c1-13-25-14(2)28(26-13)12-15-4-3-9-27(11-15)19-7-8-24-18-10-16(20(21,22)23)5-6-17(18)19/h5-8,10,15H,3-4,9,11-12H2,1-2H3. The SMILES string of the molecule is Cc1nc(C)n(CC2CCCN(c3ccnc4cc(C(F)(F)F)ccc34)C2)n1. The van der Waals surface area contributed by atoms with Crippen LogP contribution in [0, 0.1) is 19.8 Å². The van der Waals surface area contributed by atoms with Crippen LogP contribution in [0.3, 0.4) is 0 Å². The predicted molar refractivity (Wildman–Crippen MR) is 101 cm³/mol. The number of rotatable bonds is 3. The zero-order chi connectivity index (χ0) is 19.9. The molecule has 1 aliphatic rings. The van der Waals surface area contributed by atoms with E-state index in [-0.39, 0.29) is 0 Å². The average molecular weight is 389 g/mol. The maximum absolute atomic E-state index is 13.0. The van der Waals surface area contributed by atoms with Crippen molar-refractivity contribution in [3.05, 3.63) is 47.7 Å². The third kappa shape index (κ3) is 3.68. The lowest BCUT2D eigenvalue weighted by atomic mass is 9.97. The summed E-state index contributed by atoms with van der Waals surface area (Å²) in [5.41, 5.74) is 0.644. The molecule has 1 saturated heterocycles. The van der Waals surface area contributed by atoms with E-state index in [1.54, 1.807) is 6.20 Å². The van der Waals surface area contributed by atoms with E-state index >= 15 is 0 Å². The van der Waals surface area contributed by atoms with Gasteiger partial charge in [-0.3, -0.25) is 4.98 Å². The first kappa shape index (κ1) is 18.7. The van der Waals surface area contributed by atoms with Crippen molar-refractivity contribution in [1.82, 2.24) is 19.7 Å². The molecular weight excluding hydrogens is 367 g/mol. The molecular formula is C20H22F3N5. The molecule has 2 aromatic heterocycles. The fourth-order valence-corrected chi connectivity index (χ4v) is 4.00. The topological polar surface area (TPSA) is 46.8 Å². The molecule has 28 heavy (non-hydrogen) atoms. The number of nitrogens with zero attached hydrogens (tertiary/aromatic N) is 5. The average Bonchev–Trinajstić information content (AvgIpc) is 2.97. The lowest BCUT2D eigenvalue weighted by Gasteiger charge is -2.35. The molecule has 1 fully saturated rings. The summed E-state index contributed by atoms with van der Waals surface area (Å²) in [4.78, 5) is 10.8. The Balaban J connectivity index is 1.59. The number of fused-ring (bicyclic) bond motifs is 1. The molecule has 0 N–H and O–H groups in total. The van der Waals surface area contributed by atoms with Crippen molar-refractivity contribution in [3.63, 3.8) is 0 Å². The highest BCUT2D eigenvalue weighted by Gasteiger charge is 2.31. The Kier molecular flexibility index (Phi) is 4.72. The number of anilines is 1. The van der Waals surface area contributed by atoms with Gasteiger partial charge in [-0.1, -0.05) is 6.07 Å². The zero-order valence-electron chi connectivity index (χ0n) is 15.9. The van der Waals surface area contributed by atoms with Gasteiger partial charge in [0.25, 0.3) is 0 Å². The van der Waals surface area contributed by atoms with Gasteiger partial charge < -0.3 is 4.90 Å². The van der Waals surface area contributed by atoms with Gasteiger partial charge >= 0.3 is 6.18 Å². The zero-order valence-corrected chi connectivity index (χ0v) is 15.9. The normalized spacial score (nSPS) is 18.0. The third-order valence-electron chi connectivity index (χ3n) is 5.30. The molecule has 5 nitrogen and oxygen atoms in total. The molecule has 0 spiro atoms. The molecule has 0 bridgehead atoms. The molecule has 8 heteroatoms. The molecule has 0 amide bonds. The molecule has 4 rings (SSSR count). The molecule has 1 unspecified atom stereocenters. The first-order chi connectivity index (χ1) is 13.3. The van der Waals surface area contributed by atoms with Gasteiger partial charge in [0.15, 0.2) is 0 Å². The number of hydrogen-bond acceptors (Lipinski definition) is 4. The number of pyridine rings is 1. The first-order valence-corrected chi connectivity index (χ1v) is 9.40. The predicted octanol–water partition coefficient (Wildman–Crippen LogP) is 4.38. The van der Waals surface area contributed by atoms with Crippen LogP contribution in [-0.2, 0) is 12.7 Å². The van der Waals surface area contributed by atoms with E-state index in [1.807, 2.05) is 24.6 Å². The van der Waals surface area contributed by atoms with Crippen LogP contribution in [0.4, 0.5) is 18.9 Å². The van der Waals surface area contributed by atoms with E-state index in [2.05, 4.69) is 20.0 Å². The summed E-state index contributed by atoms with van der Waals surface area (Å²) in [7, 11) is 0. The van der Waals surface area contributed by atoms with Crippen molar-refractivity contribution in [2.45, 2.75) is 39.4 Å². The summed E-state index contributed by atoms with van der Waals surface area (Å²) in [6, 6.07) is 5.69. The number of aryl methyl sites for hydroxylation is 2. The van der Waals surface area contributed by atoms with Crippen LogP contribution in [0.1, 0.15) is 30.1 Å². The van der Waals surface area contributed by atoms with E-state index in [1.165, 1.54) is 6.07 Å². The fraction of sp³-hybridized carbons (Fsp3) is 0.450. The highest BCUT2D eigenvalue weighted by atomic mass is 19.4. The minimum Gasteiger partial charge on any atom is -0.371 e. The molecule has 148 valence electrons. The number of alkyl halides is 3. The van der Waals surface area contributed by atoms with Crippen LogP contribution in [0.25, 0.3) is 10.9 Å². The third-order valence-corrected chi connectivity index (χ3v) is 5.30. The van der Waals surface area contributed by atoms with Gasteiger partial charge in [-0.25, -0.2) is 9.67 Å². The number of halogens is 3. The lowest BCUT2D eigenvalue weighted by molar-refractivity contribution is -0.137. The van der Waals surface area contributed by atoms with Gasteiger partial charge in [0.1, 0.15) is 11.6 Å². The molecule has 0 radical (unpaired) electrons. The van der Waals surface area contributed by atoms with Crippen LogP contribution in [0.5, 0.6) is 0 Å². The first-order valence-electron chi connectivity index (χ1n) is 9.40. The maximum Gasteiger partial charge on any atom is 0.416 e. The quantitative estimate of drug-likeness (QED) is 0.667. The molecule has 0 aliphatic carbocycles. The van der Waals surface area contributed by atoms with E-state index < -0.39 is 11.7 Å². The summed E-state index contributed by atoms with van der Waals surface area (Å²) >= 11 is 0. The number of benzene rings is 1. The van der Waals surface area contributed by atoms with Crippen molar-refractivity contribution < 1.29 is 13.2 Å². The minimum atomic E-state index is -4.37. The molecule has 1 aliphatic heterocycles. The molecule has 3 aromatic rings. The van der Waals surface area contributed by atoms with Gasteiger partial charge in [-0.2, -0.15) is 18.3 Å². The van der Waals surface area contributed by atoms with E-state index in [0.717, 1.165) is 67.3 Å². The van der Waals surface area contributed by atoms with Gasteiger partial charge in [0, 0.05) is 36.9 Å². The smallest absolute Gasteiger partial charge is 0.371 e. The van der Waals surface area contributed by atoms with Crippen molar-refractivity contribution in [3.8, 4) is 0 Å². The van der Waals surface area contributed by atoms with Crippen LogP contribution in [0.2, 0.25) is 0 Å². The summed E-state index contributed by atoms with van der Waals surface area (Å²) in [6.07, 6.45) is -0.653. The van der Waals surface area contributed by atoms with Crippen molar-refractivity contribution in [2.24, 2.45) is 5.92 Å². The summed E-state index contributed by atoms with van der Waals surface area (Å²) in [5.74, 6) is 2.08. The van der Waals surface area contributed by atoms with Gasteiger partial charge in [0.05, 0.1) is 11.1 Å². The van der Waals surface area contributed by atoms with Crippen LogP contribution in [0.15, 0.2) is 30.5 Å². The second-order valence-electron chi connectivity index (χ2n) is 7.40. The van der Waals surface area contributed by atoms with Crippen LogP contribution < -0.4 is 4.90 Å². The Morgan fingerprint density at radius 1 is 1.18 bits per heavy atom. The Labute approximate surface area is 161 Å². The summed E-state index contributed by atoms with van der Waals surface area (Å²) < 4.78 is 41.0. The Morgan fingerprint density at radius 3 is 2.71 bits per heavy atom. The number of hydrogen-bond donors (Lipinski definition) is 0. The second-order valence-corrected chi connectivity index (χ2v) is 7.40. The van der Waals surface area contributed by atoms with Crippen LogP contribution in [-0.4, -0.2) is 32.8 Å². The maximum atomic E-state index is 13.0. The van der Waals surface area contributed by atoms with Crippen molar-refractivity contribution in [2.75, 3.05) is 18.0 Å². The highest BCUT2D eigenvalue weighted by molar-refractivity contribution is 5.92. The van der Waals surface area contributed by atoms with Crippen molar-refractivity contribution >= 4 is 16.6 Å². The summed E-state index contributed by atoms with van der Waals surface area (Å²) in [6.45, 7) is 6.35. The minimum absolute atomic E-state index is 0.372. The van der Waals surface area contributed by atoms with E-state index in [0.29, 0.717) is 11.4 Å².